The van der Waals surface area contributed by atoms with Crippen molar-refractivity contribution in [1.29, 1.82) is 0 Å². The molecule has 1 fully saturated rings. The van der Waals surface area contributed by atoms with Crippen molar-refractivity contribution in [3.05, 3.63) is 71.3 Å². The van der Waals surface area contributed by atoms with E-state index in [1.54, 1.807) is 13.0 Å². The van der Waals surface area contributed by atoms with Crippen molar-refractivity contribution < 1.29 is 24.2 Å². The van der Waals surface area contributed by atoms with Gasteiger partial charge in [0.2, 0.25) is 5.91 Å². The number of benzene rings is 2. The van der Waals surface area contributed by atoms with E-state index in [4.69, 9.17) is 4.74 Å². The first kappa shape index (κ1) is 24.5. The summed E-state index contributed by atoms with van der Waals surface area (Å²) in [7, 11) is 0. The van der Waals surface area contributed by atoms with E-state index < -0.39 is 24.0 Å². The Morgan fingerprint density at radius 2 is 1.60 bits per heavy atom. The molecule has 7 heteroatoms. The van der Waals surface area contributed by atoms with E-state index in [1.165, 1.54) is 0 Å². The predicted molar refractivity (Wildman–Crippen MR) is 133 cm³/mol. The Bertz CT molecular complexity index is 1070. The van der Waals surface area contributed by atoms with Crippen LogP contribution in [0.3, 0.4) is 0 Å². The Hall–Kier alpha value is -3.61. The number of rotatable bonds is 8. The number of hydrogen-bond donors (Lipinski definition) is 3. The Kier molecular flexibility index (Phi) is 7.85. The summed E-state index contributed by atoms with van der Waals surface area (Å²) in [5, 5.41) is 14.9. The standard InChI is InChI=1S/C28H32N2O5/c1-18(26(31)30-25(27(32)33)19-9-3-2-4-10-19)15-16-29-28(34)35-17-24-22-13-7-5-11-20(22)21-12-6-8-14-23(21)24/h5-8,11-15,19,24-25H,2-4,9-10,16-17H2,1H3,(H,29,34)(H,30,31)(H,32,33)/b18-15+. The molecule has 3 N–H and O–H groups in total. The van der Waals surface area contributed by atoms with Crippen molar-refractivity contribution in [3.63, 3.8) is 0 Å². The second-order valence-corrected chi connectivity index (χ2v) is 9.28. The first-order chi connectivity index (χ1) is 17.0. The highest BCUT2D eigenvalue weighted by Gasteiger charge is 2.31. The summed E-state index contributed by atoms with van der Waals surface area (Å²) in [5.41, 5.74) is 4.95. The molecule has 2 aromatic carbocycles. The Morgan fingerprint density at radius 1 is 1.00 bits per heavy atom. The molecule has 2 aliphatic carbocycles. The lowest BCUT2D eigenvalue weighted by Gasteiger charge is -2.28. The van der Waals surface area contributed by atoms with E-state index in [1.807, 2.05) is 24.3 Å². The predicted octanol–water partition coefficient (Wildman–Crippen LogP) is 4.62. The maximum Gasteiger partial charge on any atom is 0.407 e. The maximum absolute atomic E-state index is 12.5. The van der Waals surface area contributed by atoms with Gasteiger partial charge in [0.25, 0.3) is 0 Å². The van der Waals surface area contributed by atoms with Crippen molar-refractivity contribution in [2.45, 2.75) is 51.0 Å². The van der Waals surface area contributed by atoms with Crippen LogP contribution in [0.2, 0.25) is 0 Å². The number of carbonyl (C=O) groups is 3. The molecule has 2 aliphatic rings. The van der Waals surface area contributed by atoms with Crippen LogP contribution in [0.1, 0.15) is 56.1 Å². The molecule has 0 saturated heterocycles. The minimum absolute atomic E-state index is 0.0241. The van der Waals surface area contributed by atoms with Gasteiger partial charge in [0.1, 0.15) is 12.6 Å². The Morgan fingerprint density at radius 3 is 2.20 bits per heavy atom. The molecule has 184 valence electrons. The fourth-order valence-corrected chi connectivity index (χ4v) is 5.13. The third-order valence-corrected chi connectivity index (χ3v) is 7.03. The molecule has 0 bridgehead atoms. The molecule has 0 radical (unpaired) electrons. The Labute approximate surface area is 205 Å². The summed E-state index contributed by atoms with van der Waals surface area (Å²) in [6.07, 6.45) is 5.70. The molecule has 0 aliphatic heterocycles. The van der Waals surface area contributed by atoms with E-state index in [9.17, 15) is 19.5 Å². The SMILES string of the molecule is C/C(=C\CNC(=O)OCC1c2ccccc2-c2ccccc21)C(=O)NC(C(=O)O)C1CCCCC1. The first-order valence-electron chi connectivity index (χ1n) is 12.2. The molecule has 0 heterocycles. The lowest BCUT2D eigenvalue weighted by molar-refractivity contribution is -0.143. The van der Waals surface area contributed by atoms with Crippen LogP contribution in [0.4, 0.5) is 4.79 Å². The van der Waals surface area contributed by atoms with Crippen LogP contribution >= 0.6 is 0 Å². The van der Waals surface area contributed by atoms with Gasteiger partial charge in [-0.2, -0.15) is 0 Å². The van der Waals surface area contributed by atoms with Crippen LogP contribution in [-0.2, 0) is 14.3 Å². The molecule has 2 aromatic rings. The monoisotopic (exact) mass is 476 g/mol. The second kappa shape index (κ2) is 11.2. The summed E-state index contributed by atoms with van der Waals surface area (Å²) in [4.78, 5) is 36.5. The largest absolute Gasteiger partial charge is 0.480 e. The number of carbonyl (C=O) groups excluding carboxylic acids is 2. The van der Waals surface area contributed by atoms with Crippen molar-refractivity contribution in [1.82, 2.24) is 10.6 Å². The van der Waals surface area contributed by atoms with Crippen LogP contribution in [0, 0.1) is 5.92 Å². The first-order valence-corrected chi connectivity index (χ1v) is 12.2. The van der Waals surface area contributed by atoms with E-state index >= 15 is 0 Å². The average molecular weight is 477 g/mol. The normalized spacial score (nSPS) is 16.7. The Balaban J connectivity index is 1.27. The smallest absolute Gasteiger partial charge is 0.407 e. The topological polar surface area (TPSA) is 105 Å². The minimum Gasteiger partial charge on any atom is -0.480 e. The molecular weight excluding hydrogens is 444 g/mol. The molecule has 1 saturated carbocycles. The van der Waals surface area contributed by atoms with Gasteiger partial charge in [0, 0.05) is 18.0 Å². The molecule has 7 nitrogen and oxygen atoms in total. The van der Waals surface area contributed by atoms with Gasteiger partial charge < -0.3 is 20.5 Å². The van der Waals surface area contributed by atoms with Gasteiger partial charge in [0.15, 0.2) is 0 Å². The van der Waals surface area contributed by atoms with Gasteiger partial charge in [-0.15, -0.1) is 0 Å². The number of carboxylic acids is 1. The van der Waals surface area contributed by atoms with Crippen LogP contribution in [0.25, 0.3) is 11.1 Å². The van der Waals surface area contributed by atoms with Crippen LogP contribution < -0.4 is 10.6 Å². The lowest BCUT2D eigenvalue weighted by Crippen LogP contribution is -2.46. The van der Waals surface area contributed by atoms with Crippen molar-refractivity contribution in [3.8, 4) is 11.1 Å². The minimum atomic E-state index is -1.00. The van der Waals surface area contributed by atoms with Gasteiger partial charge in [-0.3, -0.25) is 4.79 Å². The van der Waals surface area contributed by atoms with E-state index in [0.717, 1.165) is 54.4 Å². The number of aliphatic carboxylic acids is 1. The quantitative estimate of drug-likeness (QED) is 0.482. The van der Waals surface area contributed by atoms with Gasteiger partial charge in [-0.25, -0.2) is 9.59 Å². The molecule has 35 heavy (non-hydrogen) atoms. The molecule has 2 amide bonds. The van der Waals surface area contributed by atoms with Crippen LogP contribution in [0.5, 0.6) is 0 Å². The molecule has 1 unspecified atom stereocenters. The molecule has 4 rings (SSSR count). The highest BCUT2D eigenvalue weighted by atomic mass is 16.5. The zero-order chi connectivity index (χ0) is 24.8. The van der Waals surface area contributed by atoms with Gasteiger partial charge in [-0.05, 0) is 47.9 Å². The van der Waals surface area contributed by atoms with E-state index in [0.29, 0.717) is 5.57 Å². The highest BCUT2D eigenvalue weighted by Crippen LogP contribution is 2.44. The third kappa shape index (κ3) is 5.73. The summed E-state index contributed by atoms with van der Waals surface area (Å²) in [5.74, 6) is -1.51. The highest BCUT2D eigenvalue weighted by molar-refractivity contribution is 5.95. The molecule has 0 aromatic heterocycles. The van der Waals surface area contributed by atoms with Crippen LogP contribution in [-0.4, -0.2) is 42.3 Å². The number of ether oxygens (including phenoxy) is 1. The maximum atomic E-state index is 12.5. The molecule has 0 spiro atoms. The summed E-state index contributed by atoms with van der Waals surface area (Å²) in [6, 6.07) is 15.4. The van der Waals surface area contributed by atoms with Crippen molar-refractivity contribution in [2.24, 2.45) is 5.92 Å². The molecular formula is C28H32N2O5. The number of nitrogens with one attached hydrogen (secondary N) is 2. The third-order valence-electron chi connectivity index (χ3n) is 7.03. The summed E-state index contributed by atoms with van der Waals surface area (Å²) in [6.45, 7) is 1.93. The number of fused-ring (bicyclic) bond motifs is 3. The van der Waals surface area contributed by atoms with E-state index in [-0.39, 0.29) is 25.0 Å². The van der Waals surface area contributed by atoms with Gasteiger partial charge in [0.05, 0.1) is 0 Å². The number of alkyl carbamates (subject to hydrolysis) is 1. The van der Waals surface area contributed by atoms with Crippen molar-refractivity contribution in [2.75, 3.05) is 13.2 Å². The summed E-state index contributed by atoms with van der Waals surface area (Å²) < 4.78 is 5.50. The van der Waals surface area contributed by atoms with Gasteiger partial charge in [-0.1, -0.05) is 73.9 Å². The van der Waals surface area contributed by atoms with Gasteiger partial charge >= 0.3 is 12.1 Å². The van der Waals surface area contributed by atoms with Crippen LogP contribution in [0.15, 0.2) is 60.2 Å². The fraction of sp³-hybridized carbons (Fsp3) is 0.393. The fourth-order valence-electron chi connectivity index (χ4n) is 5.13. The lowest BCUT2D eigenvalue weighted by atomic mass is 9.84. The number of hydrogen-bond acceptors (Lipinski definition) is 4. The average Bonchev–Trinajstić information content (AvgIpc) is 3.19. The number of carboxylic acid groups (broad SMARTS) is 1. The second-order valence-electron chi connectivity index (χ2n) is 9.28. The summed E-state index contributed by atoms with van der Waals surface area (Å²) >= 11 is 0. The number of amides is 2. The van der Waals surface area contributed by atoms with E-state index in [2.05, 4.69) is 34.9 Å². The van der Waals surface area contributed by atoms with Crippen molar-refractivity contribution >= 4 is 18.0 Å². The molecule has 1 atom stereocenters. The zero-order valence-corrected chi connectivity index (χ0v) is 20.0. The zero-order valence-electron chi connectivity index (χ0n) is 20.0.